The number of benzene rings is 3. The van der Waals surface area contributed by atoms with E-state index in [1.165, 1.54) is 33.4 Å². The molecule has 0 amide bonds. The van der Waals surface area contributed by atoms with E-state index >= 15 is 0 Å². The number of allylic oxidation sites excluding steroid dienone is 4. The molecule has 0 aliphatic heterocycles. The Morgan fingerprint density at radius 3 is 1.44 bits per heavy atom. The molecule has 5 rings (SSSR count). The van der Waals surface area contributed by atoms with Gasteiger partial charge in [-0.2, -0.15) is 0 Å². The molecule has 1 unspecified atom stereocenters. The molecule has 0 bridgehead atoms. The van der Waals surface area contributed by atoms with E-state index < -0.39 is 21.3 Å². The van der Waals surface area contributed by atoms with Crippen LogP contribution < -0.4 is 24.8 Å². The van der Waals surface area contributed by atoms with Crippen LogP contribution in [0.2, 0.25) is 0 Å². The molecular weight excluding hydrogens is 667 g/mol. The Bertz CT molecular complexity index is 1580. The van der Waals surface area contributed by atoms with Crippen LogP contribution in [0.3, 0.4) is 0 Å². The van der Waals surface area contributed by atoms with Crippen molar-refractivity contribution in [3.63, 3.8) is 0 Å². The van der Waals surface area contributed by atoms with Crippen LogP contribution in [0.1, 0.15) is 127 Å². The van der Waals surface area contributed by atoms with Gasteiger partial charge in [0, 0.05) is 0 Å². The van der Waals surface area contributed by atoms with Gasteiger partial charge in [-0.3, -0.25) is 0 Å². The number of halogens is 2. The maximum atomic E-state index is 2.80. The first-order chi connectivity index (χ1) is 19.9. The Morgan fingerprint density at radius 1 is 0.644 bits per heavy atom. The largest absolute Gasteiger partial charge is 1.00 e. The van der Waals surface area contributed by atoms with Gasteiger partial charge in [0.1, 0.15) is 0 Å². The fourth-order valence-electron chi connectivity index (χ4n) is 7.18. The standard InChI is InChI=1S/C21H25.C11H14.C10H15.2ClH.Zr/c1-20(2,3)16-7-9-18-14(12-16)11-15-13-17(21(4,5)6)8-10-19(15)18;1-9-5-7-10(8-6-9)11(2,3)4;1-7(2)10-6-8(3)5-9(10)4;;;/h7-13H,1-6H3;1,5-8H,2-4H3;6-8H,1-4H3;2*1H;/q;;;;;+2/p-2. The van der Waals surface area contributed by atoms with Crippen molar-refractivity contribution in [3.8, 4) is 11.1 Å². The molecule has 0 nitrogen and oxygen atoms in total. The van der Waals surface area contributed by atoms with Crippen LogP contribution in [0.5, 0.6) is 0 Å². The maximum Gasteiger partial charge on any atom is -1.00 e. The molecule has 0 saturated carbocycles. The molecule has 3 heteroatoms. The third-order valence-corrected chi connectivity index (χ3v) is 18.0. The molecule has 0 saturated heterocycles. The van der Waals surface area contributed by atoms with Crippen molar-refractivity contribution in [2.75, 3.05) is 0 Å². The Labute approximate surface area is 295 Å². The first-order valence-corrected chi connectivity index (χ1v) is 20.5. The van der Waals surface area contributed by atoms with Crippen LogP contribution in [-0.2, 0) is 37.5 Å². The predicted molar refractivity (Wildman–Crippen MR) is 186 cm³/mol. The molecular formula is C42H54Cl2Zr. The van der Waals surface area contributed by atoms with Gasteiger partial charge in [0.2, 0.25) is 0 Å². The second kappa shape index (κ2) is 13.5. The van der Waals surface area contributed by atoms with E-state index in [-0.39, 0.29) is 41.1 Å². The van der Waals surface area contributed by atoms with Crippen molar-refractivity contribution >= 4 is 3.71 Å². The minimum absolute atomic E-state index is 0. The van der Waals surface area contributed by atoms with E-state index in [0.29, 0.717) is 15.5 Å². The Hall–Kier alpha value is -1.53. The maximum absolute atomic E-state index is 2.80. The summed E-state index contributed by atoms with van der Waals surface area (Å²) in [5.41, 5.74) is 15.3. The minimum atomic E-state index is -2.57. The fraction of sp³-hybridized carbons (Fsp3) is 0.452. The number of rotatable bonds is 4. The zero-order valence-corrected chi connectivity index (χ0v) is 33.9. The Morgan fingerprint density at radius 2 is 1.07 bits per heavy atom. The van der Waals surface area contributed by atoms with Gasteiger partial charge in [-0.1, -0.05) is 0 Å². The van der Waals surface area contributed by atoms with E-state index in [2.05, 4.69) is 160 Å². The normalized spacial score (nSPS) is 16.8. The molecule has 2 aliphatic rings. The van der Waals surface area contributed by atoms with Crippen LogP contribution >= 0.6 is 0 Å². The zero-order valence-electron chi connectivity index (χ0n) is 29.9. The molecule has 0 aromatic heterocycles. The van der Waals surface area contributed by atoms with Crippen molar-refractivity contribution in [2.24, 2.45) is 11.8 Å². The van der Waals surface area contributed by atoms with Gasteiger partial charge in [-0.15, -0.1) is 0 Å². The van der Waals surface area contributed by atoms with E-state index in [1.807, 2.05) is 0 Å². The second-order valence-electron chi connectivity index (χ2n) is 16.6. The minimum Gasteiger partial charge on any atom is -1.00 e. The quantitative estimate of drug-likeness (QED) is 0.328. The van der Waals surface area contributed by atoms with Crippen LogP contribution in [0.25, 0.3) is 11.1 Å². The summed E-state index contributed by atoms with van der Waals surface area (Å²) in [6.07, 6.45) is 2.60. The Kier molecular flexibility index (Phi) is 11.4. The van der Waals surface area contributed by atoms with Crippen LogP contribution in [-0.4, -0.2) is 3.71 Å². The second-order valence-corrected chi connectivity index (χ2v) is 22.3. The predicted octanol–water partition coefficient (Wildman–Crippen LogP) is 5.63. The summed E-state index contributed by atoms with van der Waals surface area (Å²) < 4.78 is 5.06. The van der Waals surface area contributed by atoms with Crippen LogP contribution in [0.15, 0.2) is 81.2 Å². The SMILES string of the molecule is CC1=[C](/[Zr+2](=[CH]\c2ccc(C(C)(C)C)cc2)[CH]2c3cc(C(C)(C)C)ccc3-c3ccc(C(C)(C)C)cc32)C(C)C=C1C(C)C.[Cl-].[Cl-]. The molecule has 0 fully saturated rings. The average Bonchev–Trinajstić information content (AvgIpc) is 3.39. The van der Waals surface area contributed by atoms with Gasteiger partial charge in [0.05, 0.1) is 0 Å². The van der Waals surface area contributed by atoms with Gasteiger partial charge in [-0.05, 0) is 0 Å². The number of fused-ring (bicyclic) bond motifs is 3. The van der Waals surface area contributed by atoms with Crippen molar-refractivity contribution in [1.82, 2.24) is 0 Å². The van der Waals surface area contributed by atoms with Gasteiger partial charge < -0.3 is 24.8 Å². The number of hydrogen-bond acceptors (Lipinski definition) is 0. The molecule has 3 aromatic carbocycles. The first-order valence-electron chi connectivity index (χ1n) is 16.4. The molecule has 0 radical (unpaired) electrons. The summed E-state index contributed by atoms with van der Waals surface area (Å²) in [6, 6.07) is 24.4. The molecule has 2 aliphatic carbocycles. The van der Waals surface area contributed by atoms with Crippen LogP contribution in [0, 0.1) is 11.8 Å². The monoisotopic (exact) mass is 718 g/mol. The van der Waals surface area contributed by atoms with E-state index in [1.54, 1.807) is 25.6 Å². The number of hydrogen-bond donors (Lipinski definition) is 0. The van der Waals surface area contributed by atoms with E-state index in [4.69, 9.17) is 0 Å². The fourth-order valence-corrected chi connectivity index (χ4v) is 15.8. The summed E-state index contributed by atoms with van der Waals surface area (Å²) in [5.74, 6) is 1.06. The first kappa shape index (κ1) is 37.9. The Balaban J connectivity index is 0.00000276. The van der Waals surface area contributed by atoms with Crippen molar-refractivity contribution in [1.29, 1.82) is 0 Å². The van der Waals surface area contributed by atoms with Crippen molar-refractivity contribution in [2.45, 2.75) is 110 Å². The molecule has 3 aromatic rings. The zero-order chi connectivity index (χ0) is 31.6. The van der Waals surface area contributed by atoms with E-state index in [0.717, 1.165) is 0 Å². The third-order valence-electron chi connectivity index (χ3n) is 9.81. The topological polar surface area (TPSA) is 0 Å². The molecule has 1 atom stereocenters. The van der Waals surface area contributed by atoms with Gasteiger partial charge >= 0.3 is 272 Å². The van der Waals surface area contributed by atoms with Crippen molar-refractivity contribution < 1.29 is 46.1 Å². The van der Waals surface area contributed by atoms with Gasteiger partial charge in [0.25, 0.3) is 0 Å². The molecule has 240 valence electrons. The summed E-state index contributed by atoms with van der Waals surface area (Å²) in [7, 11) is 0. The smallest absolute Gasteiger partial charge is 1.00 e. The third kappa shape index (κ3) is 7.48. The molecule has 45 heavy (non-hydrogen) atoms. The summed E-state index contributed by atoms with van der Waals surface area (Å²) >= 11 is -2.57. The summed E-state index contributed by atoms with van der Waals surface area (Å²) in [4.78, 5) is 0. The molecule has 0 heterocycles. The van der Waals surface area contributed by atoms with Crippen LogP contribution in [0.4, 0.5) is 0 Å². The summed E-state index contributed by atoms with van der Waals surface area (Å²) in [5, 5.41) is 0. The van der Waals surface area contributed by atoms with Gasteiger partial charge in [-0.25, -0.2) is 0 Å². The average molecular weight is 721 g/mol. The summed E-state index contributed by atoms with van der Waals surface area (Å²) in [6.45, 7) is 30.7. The molecule has 0 spiro atoms. The van der Waals surface area contributed by atoms with Gasteiger partial charge in [0.15, 0.2) is 0 Å². The molecule has 0 N–H and O–H groups in total. The van der Waals surface area contributed by atoms with E-state index in [9.17, 15) is 0 Å². The van der Waals surface area contributed by atoms with Crippen molar-refractivity contribution in [3.05, 3.63) is 115 Å².